The Morgan fingerprint density at radius 2 is 2.06 bits per heavy atom. The minimum Gasteiger partial charge on any atom is -0.379 e. The van der Waals surface area contributed by atoms with Crippen LogP contribution in [-0.2, 0) is 9.53 Å². The molecule has 4 N–H and O–H groups in total. The summed E-state index contributed by atoms with van der Waals surface area (Å²) in [5.74, 6) is -2.44. The fraction of sp³-hybridized carbons (Fsp3) is 0.400. The minimum absolute atomic E-state index is 0.0584. The zero-order chi connectivity index (χ0) is 22.7. The van der Waals surface area contributed by atoms with Crippen LogP contribution in [0, 0.1) is 11.7 Å². The smallest absolute Gasteiger partial charge is 0.270 e. The lowest BCUT2D eigenvalue weighted by atomic mass is 9.83. The Hall–Kier alpha value is -2.98. The molecule has 1 aliphatic carbocycles. The van der Waals surface area contributed by atoms with E-state index < -0.39 is 23.7 Å². The molecule has 1 saturated carbocycles. The molecule has 1 aromatic carbocycles. The van der Waals surface area contributed by atoms with Gasteiger partial charge < -0.3 is 25.7 Å². The van der Waals surface area contributed by atoms with E-state index >= 15 is 0 Å². The largest absolute Gasteiger partial charge is 0.379 e. The van der Waals surface area contributed by atoms with Gasteiger partial charge in [-0.25, -0.2) is 9.37 Å². The summed E-state index contributed by atoms with van der Waals surface area (Å²) in [4.78, 5) is 40.8. The summed E-state index contributed by atoms with van der Waals surface area (Å²) in [6.07, 6.45) is 2.31. The number of nitrogens with two attached hydrogens (primary N) is 1. The van der Waals surface area contributed by atoms with E-state index in [1.807, 2.05) is 0 Å². The van der Waals surface area contributed by atoms with E-state index in [1.165, 1.54) is 32.6 Å². The average Bonchev–Trinajstić information content (AvgIpc) is 3.19. The third-order valence-corrected chi connectivity index (χ3v) is 5.76. The van der Waals surface area contributed by atoms with Crippen LogP contribution in [0.25, 0.3) is 0 Å². The molecule has 1 fully saturated rings. The maximum atomic E-state index is 13.2. The molecule has 0 bridgehead atoms. The standard InChI is InChI=1S/C20H23ClFN5O4/c1-24-20(30)17-16(18(23)28)25-9-27(17)14-6-3-10(7-15(14)31-2)19(29)26-13-5-4-11(22)8-12(13)21/h4-5,8-10,14-15H,3,6-7H2,1-2H3,(H2,23,28)(H,24,30)(H,26,29)/t10-,14-,15-/m1/s1. The molecule has 1 heterocycles. The van der Waals surface area contributed by atoms with Crippen LogP contribution in [0.4, 0.5) is 10.1 Å². The van der Waals surface area contributed by atoms with E-state index in [0.29, 0.717) is 24.9 Å². The summed E-state index contributed by atoms with van der Waals surface area (Å²) >= 11 is 6.00. The van der Waals surface area contributed by atoms with E-state index in [4.69, 9.17) is 22.1 Å². The Labute approximate surface area is 183 Å². The second kappa shape index (κ2) is 9.44. The van der Waals surface area contributed by atoms with Gasteiger partial charge in [-0.05, 0) is 37.5 Å². The Morgan fingerprint density at radius 1 is 1.32 bits per heavy atom. The fourth-order valence-electron chi connectivity index (χ4n) is 3.88. The maximum absolute atomic E-state index is 13.2. The average molecular weight is 452 g/mol. The first-order chi connectivity index (χ1) is 14.8. The number of carbonyl (C=O) groups is 3. The van der Waals surface area contributed by atoms with Crippen molar-refractivity contribution in [2.75, 3.05) is 19.5 Å². The number of imidazole rings is 1. The summed E-state index contributed by atoms with van der Waals surface area (Å²) in [5, 5.41) is 5.32. The highest BCUT2D eigenvalue weighted by Crippen LogP contribution is 2.36. The Kier molecular flexibility index (Phi) is 6.91. The Balaban J connectivity index is 1.79. The van der Waals surface area contributed by atoms with Gasteiger partial charge in [0.2, 0.25) is 5.91 Å². The quantitative estimate of drug-likeness (QED) is 0.619. The van der Waals surface area contributed by atoms with E-state index in [2.05, 4.69) is 15.6 Å². The number of benzene rings is 1. The first-order valence-electron chi connectivity index (χ1n) is 9.64. The van der Waals surface area contributed by atoms with Crippen LogP contribution >= 0.6 is 11.6 Å². The summed E-state index contributed by atoms with van der Waals surface area (Å²) in [6, 6.07) is 3.42. The molecule has 2 aromatic rings. The number of methoxy groups -OCH3 is 1. The third-order valence-electron chi connectivity index (χ3n) is 5.45. The van der Waals surface area contributed by atoms with Crippen molar-refractivity contribution in [1.29, 1.82) is 0 Å². The Bertz CT molecular complexity index is 1010. The van der Waals surface area contributed by atoms with Crippen LogP contribution < -0.4 is 16.4 Å². The van der Waals surface area contributed by atoms with Crippen molar-refractivity contribution in [3.8, 4) is 0 Å². The van der Waals surface area contributed by atoms with Crippen LogP contribution in [0.3, 0.4) is 0 Å². The van der Waals surface area contributed by atoms with Crippen molar-refractivity contribution in [3.05, 3.63) is 46.8 Å². The zero-order valence-corrected chi connectivity index (χ0v) is 17.8. The SMILES string of the molecule is CNC(=O)c1c(C(N)=O)ncn1[C@@H]1CC[C@@H](C(=O)Nc2ccc(F)cc2Cl)C[C@H]1OC. The lowest BCUT2D eigenvalue weighted by Gasteiger charge is -2.36. The van der Waals surface area contributed by atoms with Gasteiger partial charge in [-0.3, -0.25) is 14.4 Å². The molecule has 3 atom stereocenters. The lowest BCUT2D eigenvalue weighted by molar-refractivity contribution is -0.123. The molecule has 0 spiro atoms. The van der Waals surface area contributed by atoms with Crippen molar-refractivity contribution in [2.24, 2.45) is 11.7 Å². The van der Waals surface area contributed by atoms with Gasteiger partial charge in [-0.1, -0.05) is 11.6 Å². The van der Waals surface area contributed by atoms with Crippen molar-refractivity contribution in [3.63, 3.8) is 0 Å². The van der Waals surface area contributed by atoms with E-state index in [0.717, 1.165) is 6.07 Å². The summed E-state index contributed by atoms with van der Waals surface area (Å²) in [5.41, 5.74) is 5.62. The van der Waals surface area contributed by atoms with Gasteiger partial charge in [0.25, 0.3) is 11.8 Å². The molecular weight excluding hydrogens is 429 g/mol. The molecule has 0 aliphatic heterocycles. The van der Waals surface area contributed by atoms with Gasteiger partial charge in [0, 0.05) is 20.1 Å². The van der Waals surface area contributed by atoms with Gasteiger partial charge in [0.15, 0.2) is 5.69 Å². The number of nitrogens with one attached hydrogen (secondary N) is 2. The predicted octanol–water partition coefficient (Wildman–Crippen LogP) is 2.13. The first kappa shape index (κ1) is 22.7. The number of ether oxygens (including phenoxy) is 1. The van der Waals surface area contributed by atoms with Crippen molar-refractivity contribution < 1.29 is 23.5 Å². The second-order valence-corrected chi connectivity index (χ2v) is 7.66. The lowest BCUT2D eigenvalue weighted by Crippen LogP contribution is -2.39. The summed E-state index contributed by atoms with van der Waals surface area (Å²) < 4.78 is 20.4. The van der Waals surface area contributed by atoms with Crippen LogP contribution in [0.1, 0.15) is 46.3 Å². The highest BCUT2D eigenvalue weighted by Gasteiger charge is 2.37. The molecule has 11 heteroatoms. The predicted molar refractivity (Wildman–Crippen MR) is 111 cm³/mol. The number of aromatic nitrogens is 2. The molecule has 9 nitrogen and oxygen atoms in total. The molecular formula is C20H23ClFN5O4. The van der Waals surface area contributed by atoms with Gasteiger partial charge in [0.05, 0.1) is 29.2 Å². The number of hydrogen-bond donors (Lipinski definition) is 3. The van der Waals surface area contributed by atoms with Crippen LogP contribution in [0.2, 0.25) is 5.02 Å². The number of hydrogen-bond acceptors (Lipinski definition) is 5. The Morgan fingerprint density at radius 3 is 2.68 bits per heavy atom. The molecule has 1 aliphatic rings. The number of halogens is 2. The first-order valence-corrected chi connectivity index (χ1v) is 10.0. The fourth-order valence-corrected chi connectivity index (χ4v) is 4.10. The minimum atomic E-state index is -0.810. The van der Waals surface area contributed by atoms with Crippen LogP contribution in [0.5, 0.6) is 0 Å². The molecule has 3 rings (SSSR count). The third kappa shape index (κ3) is 4.70. The van der Waals surface area contributed by atoms with E-state index in [1.54, 1.807) is 4.57 Å². The normalized spacial score (nSPS) is 20.8. The van der Waals surface area contributed by atoms with Crippen molar-refractivity contribution in [2.45, 2.75) is 31.4 Å². The van der Waals surface area contributed by atoms with Crippen molar-refractivity contribution >= 4 is 35.0 Å². The summed E-state index contributed by atoms with van der Waals surface area (Å²) in [7, 11) is 2.96. The number of rotatable bonds is 6. The van der Waals surface area contributed by atoms with E-state index in [-0.39, 0.29) is 34.3 Å². The number of primary amides is 1. The highest BCUT2D eigenvalue weighted by molar-refractivity contribution is 6.33. The molecule has 3 amide bonds. The second-order valence-electron chi connectivity index (χ2n) is 7.26. The number of amides is 3. The molecule has 166 valence electrons. The monoisotopic (exact) mass is 451 g/mol. The van der Waals surface area contributed by atoms with Gasteiger partial charge >= 0.3 is 0 Å². The zero-order valence-electron chi connectivity index (χ0n) is 17.0. The van der Waals surface area contributed by atoms with Gasteiger partial charge in [-0.2, -0.15) is 0 Å². The molecule has 1 aromatic heterocycles. The number of carbonyl (C=O) groups excluding carboxylic acids is 3. The molecule has 0 radical (unpaired) electrons. The summed E-state index contributed by atoms with van der Waals surface area (Å²) in [6.45, 7) is 0. The van der Waals surface area contributed by atoms with Crippen molar-refractivity contribution in [1.82, 2.24) is 14.9 Å². The molecule has 0 saturated heterocycles. The van der Waals surface area contributed by atoms with E-state index in [9.17, 15) is 18.8 Å². The molecule has 0 unspecified atom stereocenters. The van der Waals surface area contributed by atoms with Gasteiger partial charge in [0.1, 0.15) is 11.5 Å². The highest BCUT2D eigenvalue weighted by atomic mass is 35.5. The van der Waals surface area contributed by atoms with Crippen LogP contribution in [-0.4, -0.2) is 47.5 Å². The molecule has 31 heavy (non-hydrogen) atoms. The van der Waals surface area contributed by atoms with Gasteiger partial charge in [-0.15, -0.1) is 0 Å². The topological polar surface area (TPSA) is 128 Å². The number of anilines is 1. The maximum Gasteiger partial charge on any atom is 0.270 e. The van der Waals surface area contributed by atoms with Crippen LogP contribution in [0.15, 0.2) is 24.5 Å². The number of nitrogens with zero attached hydrogens (tertiary/aromatic N) is 2.